The van der Waals surface area contributed by atoms with Crippen LogP contribution in [0.25, 0.3) is 0 Å². The second kappa shape index (κ2) is 5.40. The molecule has 0 spiro atoms. The van der Waals surface area contributed by atoms with Crippen molar-refractivity contribution in [1.82, 2.24) is 5.32 Å². The van der Waals surface area contributed by atoms with Crippen LogP contribution in [0.5, 0.6) is 0 Å². The third-order valence-electron chi connectivity index (χ3n) is 6.30. The van der Waals surface area contributed by atoms with Crippen LogP contribution in [0.3, 0.4) is 0 Å². The Morgan fingerprint density at radius 2 is 1.64 bits per heavy atom. The predicted molar refractivity (Wildman–Crippen MR) is 88.5 cm³/mol. The summed E-state index contributed by atoms with van der Waals surface area (Å²) >= 11 is 0. The van der Waals surface area contributed by atoms with Gasteiger partial charge in [0.1, 0.15) is 0 Å². The maximum Gasteiger partial charge on any atom is 0.221 e. The number of amides is 1. The Morgan fingerprint density at radius 1 is 1.09 bits per heavy atom. The fourth-order valence-corrected chi connectivity index (χ4v) is 5.79. The molecule has 1 atom stereocenters. The highest BCUT2D eigenvalue weighted by molar-refractivity contribution is 5.77. The molecule has 0 saturated heterocycles. The molecule has 0 aliphatic heterocycles. The molecular formula is C20H27NO. The largest absolute Gasteiger partial charge is 0.351 e. The van der Waals surface area contributed by atoms with Crippen molar-refractivity contribution in [2.45, 2.75) is 63.3 Å². The van der Waals surface area contributed by atoms with Gasteiger partial charge in [0.15, 0.2) is 0 Å². The Morgan fingerprint density at radius 3 is 2.18 bits per heavy atom. The Hall–Kier alpha value is -1.31. The molecule has 1 N–H and O–H groups in total. The fourth-order valence-electron chi connectivity index (χ4n) is 5.79. The van der Waals surface area contributed by atoms with Crippen LogP contribution in [0.2, 0.25) is 0 Å². The quantitative estimate of drug-likeness (QED) is 0.883. The summed E-state index contributed by atoms with van der Waals surface area (Å²) in [5.74, 6) is 3.22. The highest BCUT2D eigenvalue weighted by Gasteiger charge is 2.51. The third kappa shape index (κ3) is 2.68. The van der Waals surface area contributed by atoms with Crippen LogP contribution in [0.15, 0.2) is 30.3 Å². The molecule has 1 aromatic carbocycles. The van der Waals surface area contributed by atoms with E-state index < -0.39 is 0 Å². The molecule has 2 heteroatoms. The molecule has 4 saturated carbocycles. The highest BCUT2D eigenvalue weighted by Crippen LogP contribution is 2.55. The zero-order valence-electron chi connectivity index (χ0n) is 13.6. The van der Waals surface area contributed by atoms with Gasteiger partial charge in [0.05, 0.1) is 0 Å². The molecule has 22 heavy (non-hydrogen) atoms. The molecule has 0 radical (unpaired) electrons. The maximum atomic E-state index is 12.6. The van der Waals surface area contributed by atoms with E-state index in [4.69, 9.17) is 0 Å². The Bertz CT molecular complexity index is 515. The molecule has 4 fully saturated rings. The van der Waals surface area contributed by atoms with E-state index in [1.54, 1.807) is 0 Å². The first-order valence-electron chi connectivity index (χ1n) is 8.98. The van der Waals surface area contributed by atoms with E-state index >= 15 is 0 Å². The molecular weight excluding hydrogens is 270 g/mol. The molecule has 1 amide bonds. The summed E-state index contributed by atoms with van der Waals surface area (Å²) in [7, 11) is 0. The lowest BCUT2D eigenvalue weighted by molar-refractivity contribution is -0.127. The predicted octanol–water partition coefficient (Wildman–Crippen LogP) is 4.27. The first-order valence-corrected chi connectivity index (χ1v) is 8.98. The van der Waals surface area contributed by atoms with Crippen molar-refractivity contribution in [2.24, 2.45) is 17.8 Å². The standard InChI is InChI=1S/C20H27NO/c1-14(18-5-3-2-4-6-18)7-19(22)21-20-11-15-8-16(12-20)10-17(9-15)13-20/h2-6,14-17H,7-13H2,1H3,(H,21,22). The van der Waals surface area contributed by atoms with Gasteiger partial charge in [-0.05, 0) is 67.8 Å². The van der Waals surface area contributed by atoms with E-state index in [1.807, 2.05) is 6.07 Å². The first-order chi connectivity index (χ1) is 10.6. The number of hydrogen-bond acceptors (Lipinski definition) is 1. The second-order valence-electron chi connectivity index (χ2n) is 8.26. The summed E-state index contributed by atoms with van der Waals surface area (Å²) in [5.41, 5.74) is 1.42. The van der Waals surface area contributed by atoms with Crippen molar-refractivity contribution >= 4 is 5.91 Å². The van der Waals surface area contributed by atoms with Crippen molar-refractivity contribution in [3.8, 4) is 0 Å². The van der Waals surface area contributed by atoms with Crippen LogP contribution in [0.1, 0.15) is 63.4 Å². The lowest BCUT2D eigenvalue weighted by atomic mass is 9.53. The van der Waals surface area contributed by atoms with Gasteiger partial charge in [-0.15, -0.1) is 0 Å². The van der Waals surface area contributed by atoms with Gasteiger partial charge in [0.2, 0.25) is 5.91 Å². The van der Waals surface area contributed by atoms with Gasteiger partial charge in [0, 0.05) is 12.0 Å². The van der Waals surface area contributed by atoms with E-state index in [0.717, 1.165) is 17.8 Å². The molecule has 4 bridgehead atoms. The van der Waals surface area contributed by atoms with Gasteiger partial charge >= 0.3 is 0 Å². The van der Waals surface area contributed by atoms with E-state index in [2.05, 4.69) is 36.5 Å². The highest BCUT2D eigenvalue weighted by atomic mass is 16.1. The van der Waals surface area contributed by atoms with Crippen LogP contribution in [0, 0.1) is 17.8 Å². The lowest BCUT2D eigenvalue weighted by Gasteiger charge is -2.57. The molecule has 5 rings (SSSR count). The van der Waals surface area contributed by atoms with Gasteiger partial charge in [-0.25, -0.2) is 0 Å². The molecule has 2 nitrogen and oxygen atoms in total. The Labute approximate surface area is 133 Å². The summed E-state index contributed by atoms with van der Waals surface area (Å²) in [5, 5.41) is 3.49. The minimum absolute atomic E-state index is 0.155. The molecule has 0 heterocycles. The Balaban J connectivity index is 1.40. The van der Waals surface area contributed by atoms with Crippen LogP contribution in [-0.2, 0) is 4.79 Å². The number of carbonyl (C=O) groups excluding carboxylic acids is 1. The SMILES string of the molecule is CC(CC(=O)NC12CC3CC(CC(C3)C1)C2)c1ccccc1. The lowest BCUT2D eigenvalue weighted by Crippen LogP contribution is -2.59. The normalized spacial score (nSPS) is 37.0. The van der Waals surface area contributed by atoms with Gasteiger partial charge in [-0.1, -0.05) is 37.3 Å². The molecule has 1 aromatic rings. The van der Waals surface area contributed by atoms with E-state index in [9.17, 15) is 4.79 Å². The summed E-state index contributed by atoms with van der Waals surface area (Å²) in [6.45, 7) is 2.16. The van der Waals surface area contributed by atoms with Gasteiger partial charge in [-0.3, -0.25) is 4.79 Å². The van der Waals surface area contributed by atoms with E-state index in [1.165, 1.54) is 44.1 Å². The van der Waals surface area contributed by atoms with Crippen LogP contribution < -0.4 is 5.32 Å². The van der Waals surface area contributed by atoms with Crippen molar-refractivity contribution in [3.63, 3.8) is 0 Å². The first kappa shape index (κ1) is 14.3. The molecule has 4 aliphatic rings. The summed E-state index contributed by atoms with van der Waals surface area (Å²) in [6.07, 6.45) is 8.62. The number of rotatable bonds is 4. The molecule has 118 valence electrons. The smallest absolute Gasteiger partial charge is 0.221 e. The van der Waals surface area contributed by atoms with Crippen molar-refractivity contribution < 1.29 is 4.79 Å². The summed E-state index contributed by atoms with van der Waals surface area (Å²) < 4.78 is 0. The average molecular weight is 297 g/mol. The molecule has 4 aliphatic carbocycles. The average Bonchev–Trinajstić information content (AvgIpc) is 2.45. The van der Waals surface area contributed by atoms with Gasteiger partial charge in [-0.2, -0.15) is 0 Å². The fraction of sp³-hybridized carbons (Fsp3) is 0.650. The van der Waals surface area contributed by atoms with Gasteiger partial charge < -0.3 is 5.32 Å². The van der Waals surface area contributed by atoms with Crippen molar-refractivity contribution in [3.05, 3.63) is 35.9 Å². The van der Waals surface area contributed by atoms with Crippen molar-refractivity contribution in [1.29, 1.82) is 0 Å². The monoisotopic (exact) mass is 297 g/mol. The number of benzene rings is 1. The number of hydrogen-bond donors (Lipinski definition) is 1. The van der Waals surface area contributed by atoms with Crippen molar-refractivity contribution in [2.75, 3.05) is 0 Å². The maximum absolute atomic E-state index is 12.6. The zero-order valence-corrected chi connectivity index (χ0v) is 13.6. The summed E-state index contributed by atoms with van der Waals surface area (Å²) in [6, 6.07) is 10.4. The molecule has 0 aromatic heterocycles. The zero-order chi connectivity index (χ0) is 15.2. The summed E-state index contributed by atoms with van der Waals surface area (Å²) in [4.78, 5) is 12.6. The van der Waals surface area contributed by atoms with E-state index in [-0.39, 0.29) is 11.4 Å². The third-order valence-corrected chi connectivity index (χ3v) is 6.30. The molecule has 1 unspecified atom stereocenters. The van der Waals surface area contributed by atoms with Crippen LogP contribution in [0.4, 0.5) is 0 Å². The number of carbonyl (C=O) groups is 1. The van der Waals surface area contributed by atoms with E-state index in [0.29, 0.717) is 12.3 Å². The minimum atomic E-state index is 0.155. The topological polar surface area (TPSA) is 29.1 Å². The van der Waals surface area contributed by atoms with Crippen LogP contribution in [-0.4, -0.2) is 11.4 Å². The Kier molecular flexibility index (Phi) is 3.51. The van der Waals surface area contributed by atoms with Gasteiger partial charge in [0.25, 0.3) is 0 Å². The second-order valence-corrected chi connectivity index (χ2v) is 8.26. The minimum Gasteiger partial charge on any atom is -0.351 e. The number of nitrogens with one attached hydrogen (secondary N) is 1. The van der Waals surface area contributed by atoms with Crippen LogP contribution >= 0.6 is 0 Å².